The van der Waals surface area contributed by atoms with Gasteiger partial charge in [-0.1, -0.05) is 42.0 Å². The summed E-state index contributed by atoms with van der Waals surface area (Å²) < 4.78 is 27.1. The van der Waals surface area contributed by atoms with Gasteiger partial charge in [0.1, 0.15) is 6.04 Å². The lowest BCUT2D eigenvalue weighted by Gasteiger charge is -2.35. The van der Waals surface area contributed by atoms with Gasteiger partial charge in [-0.25, -0.2) is 17.9 Å². The topological polar surface area (TPSA) is 95.6 Å². The summed E-state index contributed by atoms with van der Waals surface area (Å²) in [6, 6.07) is 11.7. The number of carbonyl (C=O) groups is 2. The van der Waals surface area contributed by atoms with Gasteiger partial charge in [-0.05, 0) is 37.1 Å². The van der Waals surface area contributed by atoms with Crippen LogP contribution in [0, 0.1) is 13.8 Å². The zero-order chi connectivity index (χ0) is 19.6. The van der Waals surface area contributed by atoms with Crippen LogP contribution in [-0.2, 0) is 14.8 Å². The fraction of sp³-hybridized carbons (Fsp3) is 0.263. The van der Waals surface area contributed by atoms with Crippen molar-refractivity contribution in [1.82, 2.24) is 14.9 Å². The van der Waals surface area contributed by atoms with E-state index in [-0.39, 0.29) is 23.9 Å². The SMILES string of the molecule is Cc1ccc(S(=O)(=O)NC(=O)N2CCNC(=O)C2c2ccccc2C)cc1. The first kappa shape index (κ1) is 18.9. The third-order valence-electron chi connectivity index (χ3n) is 4.51. The lowest BCUT2D eigenvalue weighted by molar-refractivity contribution is -0.127. The van der Waals surface area contributed by atoms with Crippen LogP contribution in [-0.4, -0.2) is 38.3 Å². The molecule has 3 amide bonds. The van der Waals surface area contributed by atoms with Gasteiger partial charge in [0.05, 0.1) is 4.90 Å². The number of hydrogen-bond donors (Lipinski definition) is 2. The third-order valence-corrected chi connectivity index (χ3v) is 5.84. The number of hydrogen-bond acceptors (Lipinski definition) is 4. The molecule has 0 aliphatic carbocycles. The Hall–Kier alpha value is -2.87. The Bertz CT molecular complexity index is 971. The molecule has 1 atom stereocenters. The average molecular weight is 387 g/mol. The molecular formula is C19H21N3O4S. The second kappa shape index (κ2) is 7.40. The first-order valence-corrected chi connectivity index (χ1v) is 10.0. The number of amides is 3. The molecule has 1 aliphatic heterocycles. The maximum atomic E-state index is 12.8. The van der Waals surface area contributed by atoms with Gasteiger partial charge in [-0.15, -0.1) is 0 Å². The van der Waals surface area contributed by atoms with Crippen molar-refractivity contribution in [2.45, 2.75) is 24.8 Å². The maximum absolute atomic E-state index is 12.8. The Morgan fingerprint density at radius 3 is 2.44 bits per heavy atom. The van der Waals surface area contributed by atoms with Crippen molar-refractivity contribution >= 4 is 22.0 Å². The van der Waals surface area contributed by atoms with Crippen LogP contribution in [0.15, 0.2) is 53.4 Å². The van der Waals surface area contributed by atoms with Crippen LogP contribution in [0.1, 0.15) is 22.7 Å². The first-order valence-electron chi connectivity index (χ1n) is 8.53. The molecule has 7 nitrogen and oxygen atoms in total. The summed E-state index contributed by atoms with van der Waals surface area (Å²) in [5.41, 5.74) is 2.42. The molecule has 3 rings (SSSR count). The summed E-state index contributed by atoms with van der Waals surface area (Å²) in [5, 5.41) is 2.73. The average Bonchev–Trinajstić information content (AvgIpc) is 2.62. The highest BCUT2D eigenvalue weighted by atomic mass is 32.2. The number of nitrogens with one attached hydrogen (secondary N) is 2. The molecule has 2 aromatic rings. The van der Waals surface area contributed by atoms with Gasteiger partial charge in [0.15, 0.2) is 0 Å². The Balaban J connectivity index is 1.88. The minimum Gasteiger partial charge on any atom is -0.352 e. The molecular weight excluding hydrogens is 366 g/mol. The lowest BCUT2D eigenvalue weighted by Crippen LogP contribution is -2.55. The van der Waals surface area contributed by atoms with E-state index in [1.54, 1.807) is 24.3 Å². The van der Waals surface area contributed by atoms with E-state index in [0.29, 0.717) is 5.56 Å². The molecule has 142 valence electrons. The number of benzene rings is 2. The number of piperazine rings is 1. The van der Waals surface area contributed by atoms with E-state index in [9.17, 15) is 18.0 Å². The number of aryl methyl sites for hydroxylation is 2. The molecule has 0 saturated carbocycles. The Kier molecular flexibility index (Phi) is 5.18. The largest absolute Gasteiger partial charge is 0.352 e. The van der Waals surface area contributed by atoms with E-state index in [0.717, 1.165) is 11.1 Å². The van der Waals surface area contributed by atoms with Crippen LogP contribution in [0.5, 0.6) is 0 Å². The molecule has 1 unspecified atom stereocenters. The van der Waals surface area contributed by atoms with Crippen molar-refractivity contribution in [3.8, 4) is 0 Å². The molecule has 1 saturated heterocycles. The predicted molar refractivity (Wildman–Crippen MR) is 101 cm³/mol. The number of sulfonamides is 1. The quantitative estimate of drug-likeness (QED) is 0.841. The van der Waals surface area contributed by atoms with Crippen molar-refractivity contribution in [2.75, 3.05) is 13.1 Å². The van der Waals surface area contributed by atoms with E-state index in [4.69, 9.17) is 0 Å². The molecule has 2 aromatic carbocycles. The van der Waals surface area contributed by atoms with E-state index in [1.165, 1.54) is 17.0 Å². The summed E-state index contributed by atoms with van der Waals surface area (Å²) >= 11 is 0. The van der Waals surface area contributed by atoms with Crippen molar-refractivity contribution in [2.24, 2.45) is 0 Å². The molecule has 0 bridgehead atoms. The van der Waals surface area contributed by atoms with Crippen molar-refractivity contribution < 1.29 is 18.0 Å². The third kappa shape index (κ3) is 3.95. The van der Waals surface area contributed by atoms with Crippen LogP contribution in [0.3, 0.4) is 0 Å². The monoisotopic (exact) mass is 387 g/mol. The number of rotatable bonds is 3. The van der Waals surface area contributed by atoms with Gasteiger partial charge in [-0.3, -0.25) is 4.79 Å². The molecule has 1 aliphatic rings. The van der Waals surface area contributed by atoms with Crippen LogP contribution in [0.25, 0.3) is 0 Å². The summed E-state index contributed by atoms with van der Waals surface area (Å²) in [4.78, 5) is 26.5. The zero-order valence-corrected chi connectivity index (χ0v) is 15.9. The summed E-state index contributed by atoms with van der Waals surface area (Å²) in [6.45, 7) is 4.16. The van der Waals surface area contributed by atoms with E-state index in [2.05, 4.69) is 10.0 Å². The Morgan fingerprint density at radius 1 is 1.11 bits per heavy atom. The first-order chi connectivity index (χ1) is 12.8. The van der Waals surface area contributed by atoms with Crippen LogP contribution in [0.4, 0.5) is 4.79 Å². The highest BCUT2D eigenvalue weighted by Crippen LogP contribution is 2.26. The molecule has 1 fully saturated rings. The highest BCUT2D eigenvalue weighted by Gasteiger charge is 2.36. The van der Waals surface area contributed by atoms with Gasteiger partial charge in [0, 0.05) is 13.1 Å². The molecule has 0 spiro atoms. The van der Waals surface area contributed by atoms with E-state index < -0.39 is 22.1 Å². The zero-order valence-electron chi connectivity index (χ0n) is 15.1. The van der Waals surface area contributed by atoms with Gasteiger partial charge < -0.3 is 10.2 Å². The molecule has 8 heteroatoms. The van der Waals surface area contributed by atoms with Gasteiger partial charge in [0.25, 0.3) is 10.0 Å². The second-order valence-electron chi connectivity index (χ2n) is 6.47. The maximum Gasteiger partial charge on any atom is 0.332 e. The second-order valence-corrected chi connectivity index (χ2v) is 8.15. The van der Waals surface area contributed by atoms with Gasteiger partial charge in [-0.2, -0.15) is 0 Å². The van der Waals surface area contributed by atoms with Crippen molar-refractivity contribution in [3.63, 3.8) is 0 Å². The normalized spacial score (nSPS) is 17.3. The van der Waals surface area contributed by atoms with E-state index in [1.807, 2.05) is 26.0 Å². The van der Waals surface area contributed by atoms with E-state index >= 15 is 0 Å². The smallest absolute Gasteiger partial charge is 0.332 e. The Morgan fingerprint density at radius 2 is 1.78 bits per heavy atom. The molecule has 0 radical (unpaired) electrons. The van der Waals surface area contributed by atoms with Gasteiger partial charge in [0.2, 0.25) is 5.91 Å². The number of carbonyl (C=O) groups excluding carboxylic acids is 2. The molecule has 2 N–H and O–H groups in total. The predicted octanol–water partition coefficient (Wildman–Crippen LogP) is 1.87. The molecule has 1 heterocycles. The highest BCUT2D eigenvalue weighted by molar-refractivity contribution is 7.90. The minimum absolute atomic E-state index is 0.00430. The number of urea groups is 1. The molecule has 27 heavy (non-hydrogen) atoms. The van der Waals surface area contributed by atoms with Crippen LogP contribution < -0.4 is 10.0 Å². The van der Waals surface area contributed by atoms with Crippen LogP contribution in [0.2, 0.25) is 0 Å². The fourth-order valence-electron chi connectivity index (χ4n) is 3.04. The van der Waals surface area contributed by atoms with Crippen LogP contribution >= 0.6 is 0 Å². The summed E-state index contributed by atoms with van der Waals surface area (Å²) in [6.07, 6.45) is 0. The summed E-state index contributed by atoms with van der Waals surface area (Å²) in [7, 11) is -4.03. The number of nitrogens with zero attached hydrogens (tertiary/aromatic N) is 1. The fourth-order valence-corrected chi connectivity index (χ4v) is 4.00. The Labute approximate surface area is 158 Å². The van der Waals surface area contributed by atoms with Crippen molar-refractivity contribution in [1.29, 1.82) is 0 Å². The van der Waals surface area contributed by atoms with Gasteiger partial charge >= 0.3 is 6.03 Å². The van der Waals surface area contributed by atoms with Crippen molar-refractivity contribution in [3.05, 3.63) is 65.2 Å². The minimum atomic E-state index is -4.03. The lowest BCUT2D eigenvalue weighted by atomic mass is 9.98. The summed E-state index contributed by atoms with van der Waals surface area (Å²) in [5.74, 6) is -0.335. The standard InChI is InChI=1S/C19H21N3O4S/c1-13-7-9-15(10-8-13)27(25,26)21-19(24)22-12-11-20-18(23)17(22)16-6-4-3-5-14(16)2/h3-10,17H,11-12H2,1-2H3,(H,20,23)(H,21,24). The molecule has 0 aromatic heterocycles.